The smallest absolute Gasteiger partial charge is 0.261 e. The maximum absolute atomic E-state index is 12.7. The van der Waals surface area contributed by atoms with Crippen LogP contribution in [0, 0.1) is 13.8 Å². The van der Waals surface area contributed by atoms with Crippen LogP contribution in [-0.2, 0) is 10.0 Å². The van der Waals surface area contributed by atoms with Crippen molar-refractivity contribution in [3.05, 3.63) is 77.4 Å². The number of hydrogen-bond acceptors (Lipinski definition) is 5. The summed E-state index contributed by atoms with van der Waals surface area (Å²) in [5.74, 6) is 0.0610. The second kappa shape index (κ2) is 10.7. The molecule has 0 saturated heterocycles. The third-order valence-corrected chi connectivity index (χ3v) is 6.58. The van der Waals surface area contributed by atoms with Gasteiger partial charge in [-0.2, -0.15) is 0 Å². The Hall–Kier alpha value is -3.37. The molecule has 3 aromatic rings. The predicted molar refractivity (Wildman–Crippen MR) is 140 cm³/mol. The molecule has 0 aliphatic rings. The van der Waals surface area contributed by atoms with Gasteiger partial charge in [0.2, 0.25) is 0 Å². The number of carbonyl (C=O) groups is 1. The Kier molecular flexibility index (Phi) is 7.96. The fourth-order valence-corrected chi connectivity index (χ4v) is 4.31. The lowest BCUT2D eigenvalue weighted by Gasteiger charge is -2.13. The predicted octanol–water partition coefficient (Wildman–Crippen LogP) is 3.42. The summed E-state index contributed by atoms with van der Waals surface area (Å²) in [7, 11) is 2.15. The molecule has 10 heteroatoms. The van der Waals surface area contributed by atoms with Crippen LogP contribution in [0.5, 0.6) is 5.75 Å². The highest BCUT2D eigenvalue weighted by Gasteiger charge is 2.15. The number of carbonyl (C=O) groups excluding carboxylic acids is 1. The van der Waals surface area contributed by atoms with Gasteiger partial charge in [-0.1, -0.05) is 17.6 Å². The summed E-state index contributed by atoms with van der Waals surface area (Å²) in [6, 6.07) is 16.1. The fourth-order valence-electron chi connectivity index (χ4n) is 3.05. The van der Waals surface area contributed by atoms with E-state index in [1.807, 2.05) is 26.8 Å². The fraction of sp³-hybridized carbons (Fsp3) is 0.167. The Labute approximate surface area is 206 Å². The highest BCUT2D eigenvalue weighted by Crippen LogP contribution is 2.20. The number of sulfonamides is 1. The molecule has 0 aliphatic heterocycles. The van der Waals surface area contributed by atoms with Crippen molar-refractivity contribution in [3.8, 4) is 5.75 Å². The second-order valence-corrected chi connectivity index (χ2v) is 9.61. The summed E-state index contributed by atoms with van der Waals surface area (Å²) < 4.78 is 33.3. The van der Waals surface area contributed by atoms with Gasteiger partial charge < -0.3 is 10.1 Å². The zero-order valence-corrected chi connectivity index (χ0v) is 20.6. The zero-order valence-electron chi connectivity index (χ0n) is 19.0. The monoisotopic (exact) mass is 493 g/mol. The van der Waals surface area contributed by atoms with E-state index in [1.165, 1.54) is 18.2 Å². The number of aryl methyl sites for hydroxylation is 2. The van der Waals surface area contributed by atoms with Crippen LogP contribution in [0.3, 0.4) is 0 Å². The highest BCUT2D eigenvalue weighted by atomic mass is 32.2. The van der Waals surface area contributed by atoms with Crippen molar-refractivity contribution >= 4 is 57.9 Å². The molecule has 1 amide bonds. The van der Waals surface area contributed by atoms with Crippen LogP contribution >= 0.6 is 12.2 Å². The average molecular weight is 493 g/mol. The first-order valence-electron chi connectivity index (χ1n) is 10.4. The normalized spacial score (nSPS) is 10.9. The minimum atomic E-state index is -3.76. The van der Waals surface area contributed by atoms with Crippen molar-refractivity contribution in [1.82, 2.24) is 5.32 Å². The molecule has 0 aliphatic carbocycles. The number of thiocarbonyl (C=S) groups is 1. The van der Waals surface area contributed by atoms with Gasteiger partial charge in [-0.15, -0.1) is 0 Å². The Balaban J connectivity index is 1.62. The molecule has 0 unspecified atom stereocenters. The van der Waals surface area contributed by atoms with Gasteiger partial charge in [-0.25, -0.2) is 8.42 Å². The number of nitrogens with one attached hydrogen (secondary N) is 3. The molecule has 174 valence electrons. The Bertz CT molecular complexity index is 1330. The van der Waals surface area contributed by atoms with E-state index in [9.17, 15) is 13.2 Å². The molecule has 0 aromatic heterocycles. The first-order chi connectivity index (χ1) is 16.1. The first kappa shape index (κ1) is 25.3. The minimum Gasteiger partial charge on any atom is -0.495 e. The number of rotatable bonds is 7. The summed E-state index contributed by atoms with van der Waals surface area (Å²) in [4.78, 5) is 12.5. The molecule has 0 atom stereocenters. The highest BCUT2D eigenvalue weighted by molar-refractivity contribution is 7.92. The molecule has 0 heterocycles. The van der Waals surface area contributed by atoms with Gasteiger partial charge in [0.25, 0.3) is 15.9 Å². The van der Waals surface area contributed by atoms with E-state index in [-0.39, 0.29) is 10.0 Å². The quantitative estimate of drug-likeness (QED) is 0.345. The van der Waals surface area contributed by atoms with Crippen molar-refractivity contribution in [2.24, 2.45) is 0 Å². The topological polar surface area (TPSA) is 96.5 Å². The molecular formula is C24H24BN3O4S2. The van der Waals surface area contributed by atoms with Crippen molar-refractivity contribution in [3.63, 3.8) is 0 Å². The molecule has 0 bridgehead atoms. The van der Waals surface area contributed by atoms with Crippen LogP contribution in [-0.4, -0.2) is 33.9 Å². The van der Waals surface area contributed by atoms with Crippen LogP contribution in [0.4, 0.5) is 11.4 Å². The lowest BCUT2D eigenvalue weighted by Crippen LogP contribution is -2.34. The average Bonchev–Trinajstić information content (AvgIpc) is 2.78. The largest absolute Gasteiger partial charge is 0.495 e. The van der Waals surface area contributed by atoms with E-state index >= 15 is 0 Å². The zero-order chi connectivity index (χ0) is 24.9. The van der Waals surface area contributed by atoms with Gasteiger partial charge in [-0.05, 0) is 92.6 Å². The third-order valence-electron chi connectivity index (χ3n) is 4.98. The molecule has 2 radical (unpaired) electrons. The molecule has 3 aromatic carbocycles. The van der Waals surface area contributed by atoms with E-state index in [4.69, 9.17) is 24.8 Å². The van der Waals surface area contributed by atoms with Crippen LogP contribution in [0.15, 0.2) is 65.6 Å². The third kappa shape index (κ3) is 6.36. The van der Waals surface area contributed by atoms with E-state index in [2.05, 4.69) is 15.4 Å². The first-order valence-corrected chi connectivity index (χ1v) is 12.3. The standard InChI is InChI=1S/C24H24BN3O4S2/c1-4-32-22-12-6-17(14-21(22)25)23(29)27-24(33)26-18-8-10-20(11-9-18)34(30,31)28-19-7-5-15(2)16(3)13-19/h5-14,28H,4H2,1-3H3,(H2,26,27,29,33). The van der Waals surface area contributed by atoms with Gasteiger partial charge in [0.15, 0.2) is 5.11 Å². The molecule has 0 spiro atoms. The van der Waals surface area contributed by atoms with Gasteiger partial charge >= 0.3 is 0 Å². The minimum absolute atomic E-state index is 0.0568. The number of anilines is 2. The number of ether oxygens (including phenoxy) is 1. The van der Waals surface area contributed by atoms with E-state index in [0.717, 1.165) is 11.1 Å². The van der Waals surface area contributed by atoms with E-state index in [0.29, 0.717) is 34.8 Å². The lowest BCUT2D eigenvalue weighted by atomic mass is 9.93. The molecule has 0 fully saturated rings. The summed E-state index contributed by atoms with van der Waals surface area (Å²) >= 11 is 5.20. The SMILES string of the molecule is [B]c1cc(C(=O)NC(=S)Nc2ccc(S(=O)(=O)Nc3ccc(C)c(C)c3)cc2)ccc1OCC. The number of amides is 1. The molecule has 7 nitrogen and oxygen atoms in total. The summed E-state index contributed by atoms with van der Waals surface area (Å²) in [6.45, 7) is 6.18. The van der Waals surface area contributed by atoms with Crippen molar-refractivity contribution < 1.29 is 17.9 Å². The molecular weight excluding hydrogens is 469 g/mol. The Morgan fingerprint density at radius 1 is 0.971 bits per heavy atom. The van der Waals surface area contributed by atoms with Crippen LogP contribution in [0.25, 0.3) is 0 Å². The Morgan fingerprint density at radius 2 is 1.65 bits per heavy atom. The maximum atomic E-state index is 12.7. The van der Waals surface area contributed by atoms with Crippen molar-refractivity contribution in [2.45, 2.75) is 25.7 Å². The van der Waals surface area contributed by atoms with E-state index in [1.54, 1.807) is 36.4 Å². The number of benzene rings is 3. The molecule has 0 saturated carbocycles. The van der Waals surface area contributed by atoms with Gasteiger partial charge in [-0.3, -0.25) is 14.8 Å². The molecule has 34 heavy (non-hydrogen) atoms. The number of hydrogen-bond donors (Lipinski definition) is 3. The van der Waals surface area contributed by atoms with Gasteiger partial charge in [0, 0.05) is 16.9 Å². The molecule has 3 rings (SSSR count). The maximum Gasteiger partial charge on any atom is 0.261 e. The van der Waals surface area contributed by atoms with Crippen molar-refractivity contribution in [1.29, 1.82) is 0 Å². The van der Waals surface area contributed by atoms with Crippen LogP contribution < -0.4 is 25.6 Å². The lowest BCUT2D eigenvalue weighted by molar-refractivity contribution is 0.0978. The van der Waals surface area contributed by atoms with Gasteiger partial charge in [0.1, 0.15) is 13.6 Å². The molecule has 3 N–H and O–H groups in total. The van der Waals surface area contributed by atoms with Crippen molar-refractivity contribution in [2.75, 3.05) is 16.6 Å². The Morgan fingerprint density at radius 3 is 2.26 bits per heavy atom. The van der Waals surface area contributed by atoms with E-state index < -0.39 is 15.9 Å². The second-order valence-electron chi connectivity index (χ2n) is 7.52. The summed E-state index contributed by atoms with van der Waals surface area (Å²) in [5.41, 5.74) is 3.74. The van der Waals surface area contributed by atoms with Crippen LogP contribution in [0.1, 0.15) is 28.4 Å². The summed E-state index contributed by atoms with van der Waals surface area (Å²) in [5, 5.41) is 5.48. The van der Waals surface area contributed by atoms with Gasteiger partial charge in [0.05, 0.1) is 11.5 Å². The van der Waals surface area contributed by atoms with Crippen LogP contribution in [0.2, 0.25) is 0 Å². The summed E-state index contributed by atoms with van der Waals surface area (Å²) in [6.07, 6.45) is 0.